The summed E-state index contributed by atoms with van der Waals surface area (Å²) in [5.74, 6) is 0. The van der Waals surface area contributed by atoms with Gasteiger partial charge in [0.25, 0.3) is 0 Å². The Labute approximate surface area is 155 Å². The molecule has 0 spiro atoms. The number of hydrogen-bond acceptors (Lipinski definition) is 2. The van der Waals surface area contributed by atoms with E-state index in [9.17, 15) is 0 Å². The van der Waals surface area contributed by atoms with E-state index in [-0.39, 0.29) is 135 Å². The molecule has 0 atom stereocenters. The second-order valence-electron chi connectivity index (χ2n) is 0.577. The molecular formula is C2H14Ca2N2Na2. The third kappa shape index (κ3) is 31.4. The van der Waals surface area contributed by atoms with E-state index < -0.39 is 0 Å². The minimum absolute atomic E-state index is 0. The topological polar surface area (TPSA) is 52.0 Å². The molecule has 0 rings (SSSR count). The molecule has 0 saturated heterocycles. The molecule has 0 heterocycles. The van der Waals surface area contributed by atoms with E-state index in [1.807, 2.05) is 0 Å². The van der Waals surface area contributed by atoms with E-state index in [0.717, 1.165) is 0 Å². The first-order valence-corrected chi connectivity index (χ1v) is 1.32. The quantitative estimate of drug-likeness (QED) is 0.414. The molecule has 0 aromatic rings. The monoisotopic (exact) mass is 192 g/mol. The van der Waals surface area contributed by atoms with Gasteiger partial charge in [-0.05, 0) is 0 Å². The van der Waals surface area contributed by atoms with E-state index in [1.54, 1.807) is 0 Å². The Morgan fingerprint density at radius 2 is 0.875 bits per heavy atom. The van der Waals surface area contributed by atoms with Gasteiger partial charge in [0.1, 0.15) is 0 Å². The van der Waals surface area contributed by atoms with Crippen molar-refractivity contribution in [3.05, 3.63) is 0 Å². The fourth-order valence-electron chi connectivity index (χ4n) is 0. The molecule has 0 radical (unpaired) electrons. The SMILES string of the molecule is NCCN.[CaH2].[CaH2].[NaH].[NaH]. The predicted octanol–water partition coefficient (Wildman–Crippen LogP) is -4.23. The van der Waals surface area contributed by atoms with Crippen molar-refractivity contribution in [2.24, 2.45) is 11.5 Å². The van der Waals surface area contributed by atoms with Crippen LogP contribution in [0.5, 0.6) is 0 Å². The average molecular weight is 192 g/mol. The van der Waals surface area contributed by atoms with E-state index in [2.05, 4.69) is 0 Å². The van der Waals surface area contributed by atoms with Gasteiger partial charge in [0.05, 0.1) is 0 Å². The Balaban J connectivity index is -0.00000000750. The zero-order valence-corrected chi connectivity index (χ0v) is 2.57. The van der Waals surface area contributed by atoms with Crippen molar-refractivity contribution in [1.29, 1.82) is 0 Å². The summed E-state index contributed by atoms with van der Waals surface area (Å²) in [5, 5.41) is 0. The van der Waals surface area contributed by atoms with Crippen molar-refractivity contribution in [2.75, 3.05) is 13.1 Å². The van der Waals surface area contributed by atoms with Crippen LogP contribution in [0.15, 0.2) is 0 Å². The summed E-state index contributed by atoms with van der Waals surface area (Å²) in [4.78, 5) is 0. The summed E-state index contributed by atoms with van der Waals surface area (Å²) in [6, 6.07) is 0. The standard InChI is InChI=1S/C2H8N2.2Ca.2Na.6H/c3-1-2-4;;;;;;;;;;/h1-4H2;;;;;;;;;;. The second-order valence-corrected chi connectivity index (χ2v) is 0.577. The zero-order chi connectivity index (χ0) is 3.41. The average Bonchev–Trinajstić information content (AvgIpc) is 1.37. The molecule has 0 fully saturated rings. The maximum atomic E-state index is 4.90. The Morgan fingerprint density at radius 3 is 0.875 bits per heavy atom. The normalized spacial score (nSPS) is 3.75. The molecule has 4 N–H and O–H groups in total. The van der Waals surface area contributed by atoms with Crippen LogP contribution in [0.25, 0.3) is 0 Å². The summed E-state index contributed by atoms with van der Waals surface area (Å²) < 4.78 is 0. The van der Waals surface area contributed by atoms with Gasteiger partial charge in [0.15, 0.2) is 0 Å². The molecule has 0 aliphatic carbocycles. The first kappa shape index (κ1) is 29.4. The summed E-state index contributed by atoms with van der Waals surface area (Å²) >= 11 is 0. The van der Waals surface area contributed by atoms with Crippen LogP contribution in [-0.4, -0.2) is 148 Å². The minimum atomic E-state index is 0. The molecule has 0 amide bonds. The van der Waals surface area contributed by atoms with Crippen LogP contribution in [0, 0.1) is 0 Å². The molecule has 8 heavy (non-hydrogen) atoms. The third-order valence-electron chi connectivity index (χ3n) is 0.167. The number of hydrogen-bond donors (Lipinski definition) is 2. The molecule has 0 bridgehead atoms. The number of nitrogens with two attached hydrogens (primary N) is 2. The van der Waals surface area contributed by atoms with Crippen LogP contribution >= 0.6 is 0 Å². The summed E-state index contributed by atoms with van der Waals surface area (Å²) in [7, 11) is 0. The third-order valence-corrected chi connectivity index (χ3v) is 0.167. The van der Waals surface area contributed by atoms with Gasteiger partial charge in [0, 0.05) is 13.1 Å². The van der Waals surface area contributed by atoms with Crippen molar-refractivity contribution in [2.45, 2.75) is 0 Å². The van der Waals surface area contributed by atoms with Gasteiger partial charge in [-0.1, -0.05) is 0 Å². The number of rotatable bonds is 1. The van der Waals surface area contributed by atoms with Crippen LogP contribution in [0.2, 0.25) is 0 Å². The van der Waals surface area contributed by atoms with Crippen LogP contribution in [-0.2, 0) is 0 Å². The van der Waals surface area contributed by atoms with Crippen molar-refractivity contribution >= 4 is 135 Å². The molecule has 2 nitrogen and oxygen atoms in total. The Kier molecular flexibility index (Phi) is 111. The maximum absolute atomic E-state index is 4.90. The van der Waals surface area contributed by atoms with Crippen LogP contribution in [0.4, 0.5) is 0 Å². The van der Waals surface area contributed by atoms with Crippen molar-refractivity contribution in [1.82, 2.24) is 0 Å². The summed E-state index contributed by atoms with van der Waals surface area (Å²) in [5.41, 5.74) is 9.81. The van der Waals surface area contributed by atoms with E-state index >= 15 is 0 Å². The first-order chi connectivity index (χ1) is 1.91. The fraction of sp³-hybridized carbons (Fsp3) is 1.00. The van der Waals surface area contributed by atoms with E-state index in [4.69, 9.17) is 11.5 Å². The van der Waals surface area contributed by atoms with Gasteiger partial charge in [-0.25, -0.2) is 0 Å². The molecule has 6 heteroatoms. The van der Waals surface area contributed by atoms with Gasteiger partial charge in [-0.15, -0.1) is 0 Å². The Bertz CT molecular complexity index is 18.0. The van der Waals surface area contributed by atoms with Crippen LogP contribution in [0.1, 0.15) is 0 Å². The van der Waals surface area contributed by atoms with Gasteiger partial charge in [0.2, 0.25) is 0 Å². The Morgan fingerprint density at radius 1 is 0.750 bits per heavy atom. The molecule has 0 aliphatic rings. The van der Waals surface area contributed by atoms with E-state index in [1.165, 1.54) is 0 Å². The Hall–Kier alpha value is 4.44. The molecule has 0 unspecified atom stereocenters. The summed E-state index contributed by atoms with van der Waals surface area (Å²) in [6.45, 7) is 1.19. The predicted molar refractivity (Wildman–Crippen MR) is 49.5 cm³/mol. The molecule has 0 aromatic heterocycles. The molecule has 0 saturated carbocycles. The first-order valence-electron chi connectivity index (χ1n) is 1.32. The fourth-order valence-corrected chi connectivity index (χ4v) is 0. The van der Waals surface area contributed by atoms with Gasteiger partial charge in [-0.2, -0.15) is 0 Å². The molecule has 0 aromatic carbocycles. The molecule has 0 aliphatic heterocycles. The van der Waals surface area contributed by atoms with Crippen LogP contribution in [0.3, 0.4) is 0 Å². The van der Waals surface area contributed by atoms with Gasteiger partial charge in [-0.3, -0.25) is 0 Å². The second kappa shape index (κ2) is 30.1. The van der Waals surface area contributed by atoms with E-state index in [0.29, 0.717) is 13.1 Å². The van der Waals surface area contributed by atoms with Gasteiger partial charge < -0.3 is 11.5 Å². The van der Waals surface area contributed by atoms with Crippen molar-refractivity contribution in [3.8, 4) is 0 Å². The van der Waals surface area contributed by atoms with Crippen molar-refractivity contribution in [3.63, 3.8) is 0 Å². The van der Waals surface area contributed by atoms with Crippen LogP contribution < -0.4 is 11.5 Å². The van der Waals surface area contributed by atoms with Gasteiger partial charge >= 0.3 is 135 Å². The molecular weight excluding hydrogens is 178 g/mol. The summed E-state index contributed by atoms with van der Waals surface area (Å²) in [6.07, 6.45) is 0. The zero-order valence-electron chi connectivity index (χ0n) is 2.57. The van der Waals surface area contributed by atoms with Crippen molar-refractivity contribution < 1.29 is 0 Å². The molecule has 38 valence electrons.